The first-order chi connectivity index (χ1) is 10.6. The number of esters is 2. The number of nitrogens with two attached hydrogens (primary N) is 1. The third kappa shape index (κ3) is 5.11. The average Bonchev–Trinajstić information content (AvgIpc) is 2.45. The van der Waals surface area contributed by atoms with Crippen molar-refractivity contribution in [1.29, 1.82) is 0 Å². The molecule has 0 amide bonds. The highest BCUT2D eigenvalue weighted by Gasteiger charge is 2.24. The molecule has 1 aromatic rings. The van der Waals surface area contributed by atoms with Gasteiger partial charge in [0.1, 0.15) is 6.04 Å². The molecule has 0 unspecified atom stereocenters. The molecule has 0 saturated carbocycles. The van der Waals surface area contributed by atoms with Gasteiger partial charge in [-0.1, -0.05) is 13.8 Å². The Labute approximate surface area is 130 Å². The Morgan fingerprint density at radius 3 is 2.00 bits per heavy atom. The molecule has 0 aromatic heterocycles. The Bertz CT molecular complexity index is 625. The fourth-order valence-corrected chi connectivity index (χ4v) is 1.75. The highest BCUT2D eigenvalue weighted by molar-refractivity contribution is 5.99. The summed E-state index contributed by atoms with van der Waals surface area (Å²) >= 11 is 0. The number of nitrogens with zero attached hydrogens (tertiary/aromatic N) is 2. The zero-order valence-electron chi connectivity index (χ0n) is 12.4. The van der Waals surface area contributed by atoms with Gasteiger partial charge in [0.2, 0.25) is 0 Å². The standard InChI is InChI=1S/C13H15N3O7/c1-7(2)3-11(14)13(18)23-12(17)8-4-9(15(19)20)6-10(5-8)16(21)22/h4-7,11H,3,14H2,1-2H3/t11-/m0/s1. The van der Waals surface area contributed by atoms with E-state index in [9.17, 15) is 29.8 Å². The lowest BCUT2D eigenvalue weighted by atomic mass is 10.1. The van der Waals surface area contributed by atoms with Gasteiger partial charge in [-0.15, -0.1) is 0 Å². The molecular weight excluding hydrogens is 310 g/mol. The Balaban J connectivity index is 3.01. The van der Waals surface area contributed by atoms with Crippen LogP contribution in [-0.2, 0) is 9.53 Å². The van der Waals surface area contributed by atoms with Crippen LogP contribution in [0.5, 0.6) is 0 Å². The summed E-state index contributed by atoms with van der Waals surface area (Å²) in [6.07, 6.45) is 0.279. The van der Waals surface area contributed by atoms with Crippen molar-refractivity contribution in [3.8, 4) is 0 Å². The lowest BCUT2D eigenvalue weighted by Gasteiger charge is -2.12. The van der Waals surface area contributed by atoms with Gasteiger partial charge in [0.15, 0.2) is 0 Å². The van der Waals surface area contributed by atoms with Crippen LogP contribution in [0.3, 0.4) is 0 Å². The van der Waals surface area contributed by atoms with Crippen LogP contribution < -0.4 is 5.73 Å². The van der Waals surface area contributed by atoms with Gasteiger partial charge in [-0.05, 0) is 12.3 Å². The minimum Gasteiger partial charge on any atom is -0.388 e. The first-order valence-electron chi connectivity index (χ1n) is 6.57. The number of carbonyl (C=O) groups excluding carboxylic acids is 2. The van der Waals surface area contributed by atoms with E-state index in [0.717, 1.165) is 12.1 Å². The molecule has 0 aliphatic rings. The van der Waals surface area contributed by atoms with Crippen molar-refractivity contribution in [2.24, 2.45) is 11.7 Å². The number of hydrogen-bond acceptors (Lipinski definition) is 8. The van der Waals surface area contributed by atoms with Crippen LogP contribution in [-0.4, -0.2) is 27.8 Å². The molecule has 1 rings (SSSR count). The van der Waals surface area contributed by atoms with Gasteiger partial charge < -0.3 is 10.5 Å². The maximum absolute atomic E-state index is 11.9. The van der Waals surface area contributed by atoms with E-state index in [4.69, 9.17) is 5.73 Å². The van der Waals surface area contributed by atoms with E-state index < -0.39 is 44.8 Å². The second kappa shape index (κ2) is 7.40. The summed E-state index contributed by atoms with van der Waals surface area (Å²) in [6.45, 7) is 3.64. The fourth-order valence-electron chi connectivity index (χ4n) is 1.75. The van der Waals surface area contributed by atoms with Crippen LogP contribution in [0.15, 0.2) is 18.2 Å². The molecular formula is C13H15N3O7. The van der Waals surface area contributed by atoms with Crippen molar-refractivity contribution in [2.45, 2.75) is 26.3 Å². The second-order valence-electron chi connectivity index (χ2n) is 5.20. The molecule has 0 bridgehead atoms. The van der Waals surface area contributed by atoms with E-state index >= 15 is 0 Å². The molecule has 0 heterocycles. The first-order valence-corrected chi connectivity index (χ1v) is 6.57. The molecule has 0 saturated heterocycles. The molecule has 10 nitrogen and oxygen atoms in total. The smallest absolute Gasteiger partial charge is 0.346 e. The van der Waals surface area contributed by atoms with E-state index in [1.165, 1.54) is 0 Å². The van der Waals surface area contributed by atoms with Crippen molar-refractivity contribution >= 4 is 23.3 Å². The molecule has 23 heavy (non-hydrogen) atoms. The SMILES string of the molecule is CC(C)C[C@H](N)C(=O)OC(=O)c1cc([N+](=O)[O-])cc([N+](=O)[O-])c1. The number of rotatable bonds is 6. The predicted molar refractivity (Wildman–Crippen MR) is 77.6 cm³/mol. The number of ether oxygens (including phenoxy) is 1. The second-order valence-corrected chi connectivity index (χ2v) is 5.20. The highest BCUT2D eigenvalue weighted by atomic mass is 16.6. The third-order valence-electron chi connectivity index (χ3n) is 2.78. The number of non-ortho nitro benzene ring substituents is 2. The van der Waals surface area contributed by atoms with Crippen molar-refractivity contribution in [1.82, 2.24) is 0 Å². The summed E-state index contributed by atoms with van der Waals surface area (Å²) in [4.78, 5) is 43.2. The van der Waals surface area contributed by atoms with Crippen molar-refractivity contribution in [3.63, 3.8) is 0 Å². The van der Waals surface area contributed by atoms with E-state index in [2.05, 4.69) is 4.74 Å². The molecule has 2 N–H and O–H groups in total. The quantitative estimate of drug-likeness (QED) is 0.357. The number of nitro benzene ring substituents is 2. The maximum atomic E-state index is 11.9. The maximum Gasteiger partial charge on any atom is 0.346 e. The summed E-state index contributed by atoms with van der Waals surface area (Å²) < 4.78 is 4.52. The largest absolute Gasteiger partial charge is 0.388 e. The van der Waals surface area contributed by atoms with Crippen LogP contribution >= 0.6 is 0 Å². The number of nitro groups is 2. The van der Waals surface area contributed by atoms with Gasteiger partial charge in [-0.2, -0.15) is 0 Å². The van der Waals surface area contributed by atoms with Gasteiger partial charge in [-0.25, -0.2) is 9.59 Å². The predicted octanol–water partition coefficient (Wildman–Crippen LogP) is 1.56. The molecule has 124 valence electrons. The van der Waals surface area contributed by atoms with Crippen LogP contribution in [0.2, 0.25) is 0 Å². The zero-order valence-corrected chi connectivity index (χ0v) is 12.4. The van der Waals surface area contributed by atoms with Crippen LogP contribution in [0, 0.1) is 26.1 Å². The fraction of sp³-hybridized carbons (Fsp3) is 0.385. The van der Waals surface area contributed by atoms with Crippen LogP contribution in [0.1, 0.15) is 30.6 Å². The van der Waals surface area contributed by atoms with Crippen molar-refractivity contribution < 1.29 is 24.2 Å². The van der Waals surface area contributed by atoms with Gasteiger partial charge >= 0.3 is 11.9 Å². The number of carbonyl (C=O) groups is 2. The Hall–Kier alpha value is -2.88. The number of hydrogen-bond donors (Lipinski definition) is 1. The van der Waals surface area contributed by atoms with Gasteiger partial charge in [-0.3, -0.25) is 20.2 Å². The number of benzene rings is 1. The lowest BCUT2D eigenvalue weighted by Crippen LogP contribution is -2.35. The summed E-state index contributed by atoms with van der Waals surface area (Å²) in [7, 11) is 0. The van der Waals surface area contributed by atoms with E-state index in [-0.39, 0.29) is 12.3 Å². The molecule has 0 aliphatic heterocycles. The summed E-state index contributed by atoms with van der Waals surface area (Å²) in [6, 6.07) is 1.24. The van der Waals surface area contributed by atoms with E-state index in [1.807, 2.05) is 13.8 Å². The molecule has 0 fully saturated rings. The first kappa shape index (κ1) is 18.2. The van der Waals surface area contributed by atoms with Gasteiger partial charge in [0, 0.05) is 12.1 Å². The molecule has 1 aromatic carbocycles. The summed E-state index contributed by atoms with van der Waals surface area (Å²) in [5.41, 5.74) is 3.76. The zero-order chi connectivity index (χ0) is 17.7. The molecule has 10 heteroatoms. The molecule has 0 aliphatic carbocycles. The van der Waals surface area contributed by atoms with Gasteiger partial charge in [0.05, 0.1) is 21.5 Å². The Kier molecular flexibility index (Phi) is 5.85. The third-order valence-corrected chi connectivity index (χ3v) is 2.78. The average molecular weight is 325 g/mol. The van der Waals surface area contributed by atoms with Crippen LogP contribution in [0.4, 0.5) is 11.4 Å². The van der Waals surface area contributed by atoms with Crippen LogP contribution in [0.25, 0.3) is 0 Å². The topological polar surface area (TPSA) is 156 Å². The van der Waals surface area contributed by atoms with E-state index in [1.54, 1.807) is 0 Å². The Morgan fingerprint density at radius 2 is 1.61 bits per heavy atom. The lowest BCUT2D eigenvalue weighted by molar-refractivity contribution is -0.394. The summed E-state index contributed by atoms with van der Waals surface area (Å²) in [5.74, 6) is -2.15. The van der Waals surface area contributed by atoms with Crippen molar-refractivity contribution in [2.75, 3.05) is 0 Å². The summed E-state index contributed by atoms with van der Waals surface area (Å²) in [5, 5.41) is 21.5. The van der Waals surface area contributed by atoms with E-state index in [0.29, 0.717) is 6.07 Å². The minimum atomic E-state index is -1.24. The normalized spacial score (nSPS) is 11.8. The molecule has 0 radical (unpaired) electrons. The molecule has 1 atom stereocenters. The highest BCUT2D eigenvalue weighted by Crippen LogP contribution is 2.23. The minimum absolute atomic E-state index is 0.0894. The van der Waals surface area contributed by atoms with Crippen molar-refractivity contribution in [3.05, 3.63) is 44.0 Å². The molecule has 0 spiro atoms. The monoisotopic (exact) mass is 325 g/mol. The Morgan fingerprint density at radius 1 is 1.13 bits per heavy atom. The van der Waals surface area contributed by atoms with Gasteiger partial charge in [0.25, 0.3) is 11.4 Å².